The highest BCUT2D eigenvalue weighted by Crippen LogP contribution is 1.98. The van der Waals surface area contributed by atoms with Crippen LogP contribution in [0.1, 0.15) is 0 Å². The highest BCUT2D eigenvalue weighted by atomic mass is 15.3. The van der Waals surface area contributed by atoms with Gasteiger partial charge in [-0.15, -0.1) is 0 Å². The van der Waals surface area contributed by atoms with Crippen LogP contribution in [0.3, 0.4) is 0 Å². The lowest BCUT2D eigenvalue weighted by molar-refractivity contribution is 1.05. The molecule has 0 amide bonds. The van der Waals surface area contributed by atoms with Gasteiger partial charge in [-0.05, 0) is 0 Å². The molecule has 10 heavy (non-hydrogen) atoms. The van der Waals surface area contributed by atoms with Gasteiger partial charge in [-0.25, -0.2) is 0 Å². The SMILES string of the molecule is C=C/C=C1/C=NNC1=NC. The first-order chi connectivity index (χ1) is 4.88. The first-order valence-corrected chi connectivity index (χ1v) is 2.97. The molecule has 0 aromatic heterocycles. The molecule has 0 saturated heterocycles. The number of amidine groups is 1. The molecule has 0 aromatic carbocycles. The summed E-state index contributed by atoms with van der Waals surface area (Å²) in [4.78, 5) is 3.95. The molecule has 0 unspecified atom stereocenters. The van der Waals surface area contributed by atoms with Crippen molar-refractivity contribution in [3.8, 4) is 0 Å². The maximum Gasteiger partial charge on any atom is 0.150 e. The van der Waals surface area contributed by atoms with Crippen LogP contribution in [0.5, 0.6) is 0 Å². The van der Waals surface area contributed by atoms with Gasteiger partial charge in [0.15, 0.2) is 0 Å². The van der Waals surface area contributed by atoms with E-state index in [2.05, 4.69) is 22.1 Å². The molecule has 3 heteroatoms. The summed E-state index contributed by atoms with van der Waals surface area (Å²) < 4.78 is 0. The number of nitrogens with zero attached hydrogens (tertiary/aromatic N) is 2. The van der Waals surface area contributed by atoms with Crippen molar-refractivity contribution < 1.29 is 0 Å². The molecular weight excluding hydrogens is 126 g/mol. The molecular formula is C7H9N3. The molecule has 0 bridgehead atoms. The quantitative estimate of drug-likeness (QED) is 0.565. The van der Waals surface area contributed by atoms with E-state index in [1.54, 1.807) is 19.3 Å². The number of hydrogen-bond acceptors (Lipinski definition) is 2. The van der Waals surface area contributed by atoms with Gasteiger partial charge >= 0.3 is 0 Å². The second kappa shape index (κ2) is 2.96. The van der Waals surface area contributed by atoms with Crippen LogP contribution in [0.25, 0.3) is 0 Å². The molecule has 0 saturated carbocycles. The van der Waals surface area contributed by atoms with Gasteiger partial charge in [0, 0.05) is 12.6 Å². The van der Waals surface area contributed by atoms with Crippen molar-refractivity contribution in [1.29, 1.82) is 0 Å². The van der Waals surface area contributed by atoms with Gasteiger partial charge in [0.05, 0.1) is 6.21 Å². The van der Waals surface area contributed by atoms with Crippen LogP contribution >= 0.6 is 0 Å². The molecule has 0 fully saturated rings. The smallest absolute Gasteiger partial charge is 0.150 e. The highest BCUT2D eigenvalue weighted by molar-refractivity contribution is 6.18. The fraction of sp³-hybridized carbons (Fsp3) is 0.143. The van der Waals surface area contributed by atoms with Gasteiger partial charge in [0.2, 0.25) is 0 Å². The minimum absolute atomic E-state index is 0.792. The average molecular weight is 135 g/mol. The first-order valence-electron chi connectivity index (χ1n) is 2.97. The number of allylic oxidation sites excluding steroid dienone is 2. The normalized spacial score (nSPS) is 23.7. The topological polar surface area (TPSA) is 36.8 Å². The van der Waals surface area contributed by atoms with Gasteiger partial charge in [-0.3, -0.25) is 10.4 Å². The van der Waals surface area contributed by atoms with Crippen molar-refractivity contribution in [2.24, 2.45) is 10.1 Å². The molecule has 1 aliphatic rings. The van der Waals surface area contributed by atoms with E-state index in [4.69, 9.17) is 0 Å². The Morgan fingerprint density at radius 3 is 3.20 bits per heavy atom. The Hall–Kier alpha value is -1.38. The summed E-state index contributed by atoms with van der Waals surface area (Å²) >= 11 is 0. The fourth-order valence-corrected chi connectivity index (χ4v) is 0.717. The molecule has 1 rings (SSSR count). The third-order valence-corrected chi connectivity index (χ3v) is 1.17. The molecule has 52 valence electrons. The van der Waals surface area contributed by atoms with E-state index in [0.717, 1.165) is 11.4 Å². The number of rotatable bonds is 1. The van der Waals surface area contributed by atoms with Crippen LogP contribution < -0.4 is 5.43 Å². The minimum Gasteiger partial charge on any atom is -0.270 e. The molecule has 0 spiro atoms. The summed E-state index contributed by atoms with van der Waals surface area (Å²) in [6.07, 6.45) is 5.27. The van der Waals surface area contributed by atoms with E-state index < -0.39 is 0 Å². The Bertz CT molecular complexity index is 223. The number of nitrogens with one attached hydrogen (secondary N) is 1. The first kappa shape index (κ1) is 6.74. The zero-order chi connectivity index (χ0) is 7.40. The monoisotopic (exact) mass is 135 g/mol. The van der Waals surface area contributed by atoms with E-state index in [9.17, 15) is 0 Å². The summed E-state index contributed by atoms with van der Waals surface area (Å²) in [5.74, 6) is 0.792. The maximum absolute atomic E-state index is 3.95. The van der Waals surface area contributed by atoms with E-state index >= 15 is 0 Å². The average Bonchev–Trinajstić information content (AvgIpc) is 2.36. The molecule has 1 N–H and O–H groups in total. The Morgan fingerprint density at radius 1 is 1.80 bits per heavy atom. The van der Waals surface area contributed by atoms with Crippen LogP contribution in [0.2, 0.25) is 0 Å². The van der Waals surface area contributed by atoms with E-state index in [-0.39, 0.29) is 0 Å². The third kappa shape index (κ3) is 1.13. The molecule has 0 aromatic rings. The van der Waals surface area contributed by atoms with E-state index in [1.807, 2.05) is 6.08 Å². The lowest BCUT2D eigenvalue weighted by Crippen LogP contribution is -2.12. The summed E-state index contributed by atoms with van der Waals surface area (Å²) in [5, 5.41) is 3.81. The molecule has 0 atom stereocenters. The van der Waals surface area contributed by atoms with Crippen molar-refractivity contribution in [3.05, 3.63) is 24.3 Å². The highest BCUT2D eigenvalue weighted by Gasteiger charge is 2.06. The molecule has 0 radical (unpaired) electrons. The van der Waals surface area contributed by atoms with Crippen molar-refractivity contribution in [2.45, 2.75) is 0 Å². The van der Waals surface area contributed by atoms with Gasteiger partial charge < -0.3 is 0 Å². The molecule has 1 aliphatic heterocycles. The van der Waals surface area contributed by atoms with Crippen molar-refractivity contribution in [3.63, 3.8) is 0 Å². The Kier molecular flexibility index (Phi) is 1.99. The minimum atomic E-state index is 0.792. The van der Waals surface area contributed by atoms with Gasteiger partial charge in [-0.2, -0.15) is 5.10 Å². The second-order valence-corrected chi connectivity index (χ2v) is 1.80. The summed E-state index contributed by atoms with van der Waals surface area (Å²) in [5.41, 5.74) is 3.71. The van der Waals surface area contributed by atoms with Gasteiger partial charge in [-0.1, -0.05) is 18.7 Å². The Labute approximate surface area is 59.9 Å². The van der Waals surface area contributed by atoms with Crippen molar-refractivity contribution >= 4 is 12.1 Å². The number of hydrazone groups is 1. The fourth-order valence-electron chi connectivity index (χ4n) is 0.717. The van der Waals surface area contributed by atoms with Crippen LogP contribution in [-0.2, 0) is 0 Å². The predicted molar refractivity (Wildman–Crippen MR) is 43.3 cm³/mol. The second-order valence-electron chi connectivity index (χ2n) is 1.80. The lowest BCUT2D eigenvalue weighted by Gasteiger charge is -1.92. The van der Waals surface area contributed by atoms with Crippen molar-refractivity contribution in [2.75, 3.05) is 7.05 Å². The zero-order valence-corrected chi connectivity index (χ0v) is 5.83. The Morgan fingerprint density at radius 2 is 2.60 bits per heavy atom. The van der Waals surface area contributed by atoms with E-state index in [0.29, 0.717) is 0 Å². The molecule has 0 aliphatic carbocycles. The lowest BCUT2D eigenvalue weighted by atomic mass is 10.2. The van der Waals surface area contributed by atoms with Crippen LogP contribution in [0.4, 0.5) is 0 Å². The zero-order valence-electron chi connectivity index (χ0n) is 5.83. The van der Waals surface area contributed by atoms with Gasteiger partial charge in [0.25, 0.3) is 0 Å². The summed E-state index contributed by atoms with van der Waals surface area (Å²) in [6, 6.07) is 0. The molecule has 3 nitrogen and oxygen atoms in total. The van der Waals surface area contributed by atoms with Crippen LogP contribution in [0, 0.1) is 0 Å². The van der Waals surface area contributed by atoms with Crippen LogP contribution in [-0.4, -0.2) is 19.1 Å². The largest absolute Gasteiger partial charge is 0.270 e. The maximum atomic E-state index is 3.95. The number of aliphatic imine (C=N–C) groups is 1. The van der Waals surface area contributed by atoms with Crippen LogP contribution in [0.15, 0.2) is 34.4 Å². The summed E-state index contributed by atoms with van der Waals surface area (Å²) in [7, 11) is 1.72. The number of hydrogen-bond donors (Lipinski definition) is 1. The Balaban J connectivity index is 2.86. The predicted octanol–water partition coefficient (Wildman–Crippen LogP) is 0.716. The van der Waals surface area contributed by atoms with Gasteiger partial charge in [0.1, 0.15) is 5.84 Å². The summed E-state index contributed by atoms with van der Waals surface area (Å²) in [6.45, 7) is 3.57. The third-order valence-electron chi connectivity index (χ3n) is 1.17. The standard InChI is InChI=1S/C7H9N3/c1-3-4-6-5-9-10-7(6)8-2/h3-5H,1H2,2H3,(H,8,10)/b6-4-. The molecule has 1 heterocycles. The van der Waals surface area contributed by atoms with E-state index in [1.165, 1.54) is 0 Å². The van der Waals surface area contributed by atoms with Crippen molar-refractivity contribution in [1.82, 2.24) is 5.43 Å².